The Kier molecular flexibility index (Phi) is 3.10. The Morgan fingerprint density at radius 2 is 2.00 bits per heavy atom. The maximum absolute atomic E-state index is 4.48. The molecule has 0 unspecified atom stereocenters. The van der Waals surface area contributed by atoms with Crippen molar-refractivity contribution in [3.63, 3.8) is 0 Å². The number of hydrogen-bond acceptors (Lipinski definition) is 2. The lowest BCUT2D eigenvalue weighted by Crippen LogP contribution is -2.04. The highest BCUT2D eigenvalue weighted by Gasteiger charge is 2.08. The molecule has 84 valence electrons. The molecule has 0 aromatic carbocycles. The van der Waals surface area contributed by atoms with E-state index in [0.29, 0.717) is 0 Å². The van der Waals surface area contributed by atoms with Crippen molar-refractivity contribution in [1.82, 2.24) is 14.8 Å². The molecule has 0 atom stereocenters. The SMILES string of the molecule is Cc1cncc(Cn2nc(C)c(Br)c2C)c1. The monoisotopic (exact) mass is 279 g/mol. The molecule has 2 heterocycles. The van der Waals surface area contributed by atoms with E-state index < -0.39 is 0 Å². The van der Waals surface area contributed by atoms with Gasteiger partial charge >= 0.3 is 0 Å². The molecule has 2 rings (SSSR count). The molecule has 16 heavy (non-hydrogen) atoms. The summed E-state index contributed by atoms with van der Waals surface area (Å²) in [5.74, 6) is 0. The predicted octanol–water partition coefficient (Wildman–Crippen LogP) is 3.01. The molecule has 0 radical (unpaired) electrons. The highest BCUT2D eigenvalue weighted by molar-refractivity contribution is 9.10. The van der Waals surface area contributed by atoms with E-state index in [2.05, 4.69) is 39.0 Å². The highest BCUT2D eigenvalue weighted by Crippen LogP contribution is 2.20. The summed E-state index contributed by atoms with van der Waals surface area (Å²) in [5, 5.41) is 4.48. The van der Waals surface area contributed by atoms with Gasteiger partial charge in [-0.05, 0) is 47.8 Å². The van der Waals surface area contributed by atoms with Gasteiger partial charge in [0.25, 0.3) is 0 Å². The van der Waals surface area contributed by atoms with Crippen LogP contribution in [-0.4, -0.2) is 14.8 Å². The van der Waals surface area contributed by atoms with Crippen LogP contribution >= 0.6 is 15.9 Å². The summed E-state index contributed by atoms with van der Waals surface area (Å²) >= 11 is 3.53. The molecule has 0 amide bonds. The van der Waals surface area contributed by atoms with Gasteiger partial charge in [0.15, 0.2) is 0 Å². The molecule has 3 nitrogen and oxygen atoms in total. The number of nitrogens with zero attached hydrogens (tertiary/aromatic N) is 3. The highest BCUT2D eigenvalue weighted by atomic mass is 79.9. The first-order valence-electron chi connectivity index (χ1n) is 5.18. The van der Waals surface area contributed by atoms with Gasteiger partial charge in [0, 0.05) is 12.4 Å². The average molecular weight is 280 g/mol. The molecule has 0 saturated heterocycles. The Labute approximate surface area is 104 Å². The lowest BCUT2D eigenvalue weighted by molar-refractivity contribution is 0.656. The molecule has 0 fully saturated rings. The lowest BCUT2D eigenvalue weighted by atomic mass is 10.2. The number of aryl methyl sites for hydroxylation is 2. The van der Waals surface area contributed by atoms with E-state index in [1.807, 2.05) is 30.9 Å². The fraction of sp³-hybridized carbons (Fsp3) is 0.333. The molecule has 2 aromatic rings. The lowest BCUT2D eigenvalue weighted by Gasteiger charge is -2.04. The fourth-order valence-corrected chi connectivity index (χ4v) is 1.99. The molecule has 4 heteroatoms. The van der Waals surface area contributed by atoms with Crippen LogP contribution in [0, 0.1) is 20.8 Å². The molecular weight excluding hydrogens is 266 g/mol. The van der Waals surface area contributed by atoms with Crippen LogP contribution in [-0.2, 0) is 6.54 Å². The predicted molar refractivity (Wildman–Crippen MR) is 67.5 cm³/mol. The topological polar surface area (TPSA) is 30.7 Å². The third-order valence-corrected chi connectivity index (χ3v) is 3.70. The normalized spacial score (nSPS) is 10.8. The van der Waals surface area contributed by atoms with Crippen LogP contribution in [0.25, 0.3) is 0 Å². The van der Waals surface area contributed by atoms with E-state index in [1.165, 1.54) is 11.1 Å². The third-order valence-electron chi connectivity index (χ3n) is 2.56. The van der Waals surface area contributed by atoms with Gasteiger partial charge in [-0.2, -0.15) is 5.10 Å². The standard InChI is InChI=1S/C12H14BrN3/c1-8-4-11(6-14-5-8)7-16-10(3)12(13)9(2)15-16/h4-6H,7H2,1-3H3. The van der Waals surface area contributed by atoms with E-state index >= 15 is 0 Å². The van der Waals surface area contributed by atoms with Crippen LogP contribution in [0.5, 0.6) is 0 Å². The van der Waals surface area contributed by atoms with Gasteiger partial charge in [0.05, 0.1) is 22.4 Å². The Morgan fingerprint density at radius 3 is 2.56 bits per heavy atom. The molecule has 0 aliphatic heterocycles. The first-order chi connectivity index (χ1) is 7.58. The second kappa shape index (κ2) is 4.37. The minimum atomic E-state index is 0.771. The van der Waals surface area contributed by atoms with Crippen LogP contribution in [0.15, 0.2) is 22.9 Å². The number of rotatable bonds is 2. The minimum Gasteiger partial charge on any atom is -0.264 e. The number of aromatic nitrogens is 3. The van der Waals surface area contributed by atoms with Gasteiger partial charge in [-0.25, -0.2) is 0 Å². The van der Waals surface area contributed by atoms with Crippen LogP contribution in [0.3, 0.4) is 0 Å². The zero-order valence-corrected chi connectivity index (χ0v) is 11.2. The summed E-state index contributed by atoms with van der Waals surface area (Å²) in [7, 11) is 0. The summed E-state index contributed by atoms with van der Waals surface area (Å²) in [5.41, 5.74) is 4.54. The second-order valence-corrected chi connectivity index (χ2v) is 4.81. The molecule has 0 aliphatic rings. The van der Waals surface area contributed by atoms with Gasteiger partial charge < -0.3 is 0 Å². The zero-order valence-electron chi connectivity index (χ0n) is 9.66. The van der Waals surface area contributed by atoms with Crippen LogP contribution < -0.4 is 0 Å². The van der Waals surface area contributed by atoms with E-state index in [4.69, 9.17) is 0 Å². The third kappa shape index (κ3) is 2.16. The summed E-state index contributed by atoms with van der Waals surface area (Å²) in [6.07, 6.45) is 3.75. The van der Waals surface area contributed by atoms with Crippen molar-refractivity contribution in [2.24, 2.45) is 0 Å². The first-order valence-corrected chi connectivity index (χ1v) is 5.97. The number of pyridine rings is 1. The van der Waals surface area contributed by atoms with E-state index in [9.17, 15) is 0 Å². The molecule has 0 aliphatic carbocycles. The maximum atomic E-state index is 4.48. The average Bonchev–Trinajstić information content (AvgIpc) is 2.47. The second-order valence-electron chi connectivity index (χ2n) is 4.01. The molecular formula is C12H14BrN3. The summed E-state index contributed by atoms with van der Waals surface area (Å²) < 4.78 is 3.09. The van der Waals surface area contributed by atoms with E-state index in [1.54, 1.807) is 0 Å². The summed E-state index contributed by atoms with van der Waals surface area (Å²) in [4.78, 5) is 4.19. The Balaban J connectivity index is 2.30. The Bertz CT molecular complexity index is 517. The van der Waals surface area contributed by atoms with Crippen molar-refractivity contribution in [3.05, 3.63) is 45.4 Å². The molecule has 0 spiro atoms. The largest absolute Gasteiger partial charge is 0.264 e. The number of halogens is 1. The van der Waals surface area contributed by atoms with Gasteiger partial charge in [-0.1, -0.05) is 6.07 Å². The zero-order chi connectivity index (χ0) is 11.7. The smallest absolute Gasteiger partial charge is 0.0738 e. The quantitative estimate of drug-likeness (QED) is 0.846. The van der Waals surface area contributed by atoms with Crippen molar-refractivity contribution in [3.8, 4) is 0 Å². The van der Waals surface area contributed by atoms with Crippen LogP contribution in [0.2, 0.25) is 0 Å². The summed E-state index contributed by atoms with van der Waals surface area (Å²) in [6, 6.07) is 2.14. The van der Waals surface area contributed by atoms with Gasteiger partial charge in [0.2, 0.25) is 0 Å². The molecule has 0 N–H and O–H groups in total. The summed E-state index contributed by atoms with van der Waals surface area (Å²) in [6.45, 7) is 6.88. The minimum absolute atomic E-state index is 0.771. The van der Waals surface area contributed by atoms with Crippen molar-refractivity contribution in [1.29, 1.82) is 0 Å². The molecule has 0 saturated carbocycles. The van der Waals surface area contributed by atoms with Crippen molar-refractivity contribution >= 4 is 15.9 Å². The van der Waals surface area contributed by atoms with E-state index in [-0.39, 0.29) is 0 Å². The van der Waals surface area contributed by atoms with Gasteiger partial charge in [-0.3, -0.25) is 9.67 Å². The molecule has 2 aromatic heterocycles. The fourth-order valence-electron chi connectivity index (χ4n) is 1.71. The van der Waals surface area contributed by atoms with Crippen LogP contribution in [0.4, 0.5) is 0 Å². The van der Waals surface area contributed by atoms with Crippen LogP contribution in [0.1, 0.15) is 22.5 Å². The van der Waals surface area contributed by atoms with Crippen molar-refractivity contribution in [2.75, 3.05) is 0 Å². The first kappa shape index (κ1) is 11.3. The van der Waals surface area contributed by atoms with E-state index in [0.717, 1.165) is 22.4 Å². The number of hydrogen-bond donors (Lipinski definition) is 0. The Hall–Kier alpha value is -1.16. The van der Waals surface area contributed by atoms with Gasteiger partial charge in [-0.15, -0.1) is 0 Å². The maximum Gasteiger partial charge on any atom is 0.0738 e. The Morgan fingerprint density at radius 1 is 1.25 bits per heavy atom. The van der Waals surface area contributed by atoms with Crippen molar-refractivity contribution in [2.45, 2.75) is 27.3 Å². The van der Waals surface area contributed by atoms with Gasteiger partial charge in [0.1, 0.15) is 0 Å². The van der Waals surface area contributed by atoms with Crippen molar-refractivity contribution < 1.29 is 0 Å². The molecule has 0 bridgehead atoms.